The van der Waals surface area contributed by atoms with Crippen LogP contribution in [0.15, 0.2) is 71.4 Å². The summed E-state index contributed by atoms with van der Waals surface area (Å²) in [5, 5.41) is 1.98. The molecule has 4 heterocycles. The molecule has 0 aliphatic heterocycles. The van der Waals surface area contributed by atoms with Crippen LogP contribution in [0.3, 0.4) is 0 Å². The molecule has 0 amide bonds. The Bertz CT molecular complexity index is 1380. The van der Waals surface area contributed by atoms with Gasteiger partial charge in [-0.25, -0.2) is 4.98 Å². The zero-order valence-corrected chi connectivity index (χ0v) is 17.6. The minimum absolute atomic E-state index is 0.0331. The molecule has 0 aliphatic rings. The van der Waals surface area contributed by atoms with Gasteiger partial charge >= 0.3 is 0 Å². The Kier molecular flexibility index (Phi) is 4.17. The van der Waals surface area contributed by atoms with Crippen molar-refractivity contribution in [1.29, 1.82) is 0 Å². The van der Waals surface area contributed by atoms with Crippen LogP contribution < -0.4 is 0 Å². The van der Waals surface area contributed by atoms with Crippen molar-refractivity contribution in [2.75, 3.05) is 0 Å². The van der Waals surface area contributed by atoms with Crippen molar-refractivity contribution in [2.45, 2.75) is 33.1 Å². The number of nitrogens with zero attached hydrogens (tertiary/aromatic N) is 3. The molecule has 5 rings (SSSR count). The number of fused-ring (bicyclic) bond motifs is 3. The van der Waals surface area contributed by atoms with Gasteiger partial charge in [0.2, 0.25) is 5.71 Å². The molecular weight excluding hydrogens is 370 g/mol. The van der Waals surface area contributed by atoms with Crippen molar-refractivity contribution in [1.82, 2.24) is 15.0 Å². The number of furan rings is 1. The van der Waals surface area contributed by atoms with Crippen LogP contribution in [0.1, 0.15) is 32.0 Å². The number of hydrogen-bond donors (Lipinski definition) is 0. The summed E-state index contributed by atoms with van der Waals surface area (Å²) < 4.78 is 6.28. The Morgan fingerprint density at radius 1 is 0.900 bits per heavy atom. The minimum Gasteiger partial charge on any atom is -0.435 e. The molecule has 0 aliphatic carbocycles. The van der Waals surface area contributed by atoms with Gasteiger partial charge in [-0.1, -0.05) is 51.1 Å². The molecular formula is C26H23N3O. The molecule has 0 fully saturated rings. The predicted octanol–water partition coefficient (Wildman–Crippen LogP) is 6.71. The van der Waals surface area contributed by atoms with Crippen LogP contribution in [-0.4, -0.2) is 15.0 Å². The maximum Gasteiger partial charge on any atom is 0.227 e. The lowest BCUT2D eigenvalue weighted by molar-refractivity contribution is 0.589. The molecule has 0 saturated carbocycles. The van der Waals surface area contributed by atoms with Gasteiger partial charge in [0.15, 0.2) is 5.58 Å². The highest BCUT2D eigenvalue weighted by atomic mass is 16.3. The van der Waals surface area contributed by atoms with Crippen LogP contribution in [0.25, 0.3) is 44.6 Å². The van der Waals surface area contributed by atoms with Crippen molar-refractivity contribution in [3.05, 3.63) is 78.2 Å². The van der Waals surface area contributed by atoms with Crippen LogP contribution in [0.2, 0.25) is 0 Å². The number of rotatable bonds is 2. The van der Waals surface area contributed by atoms with Crippen LogP contribution in [-0.2, 0) is 5.41 Å². The molecule has 0 unspecified atom stereocenters. The lowest BCUT2D eigenvalue weighted by Crippen LogP contribution is -2.11. The summed E-state index contributed by atoms with van der Waals surface area (Å²) in [7, 11) is 0. The van der Waals surface area contributed by atoms with Gasteiger partial charge in [-0.2, -0.15) is 0 Å². The van der Waals surface area contributed by atoms with Gasteiger partial charge in [-0.3, -0.25) is 9.97 Å². The van der Waals surface area contributed by atoms with Gasteiger partial charge in [-0.15, -0.1) is 0 Å². The Hall–Kier alpha value is -3.53. The quantitative estimate of drug-likeness (QED) is 0.334. The zero-order valence-electron chi connectivity index (χ0n) is 17.6. The van der Waals surface area contributed by atoms with E-state index in [-0.39, 0.29) is 5.41 Å². The van der Waals surface area contributed by atoms with Gasteiger partial charge in [0.25, 0.3) is 0 Å². The van der Waals surface area contributed by atoms with E-state index in [1.165, 1.54) is 5.56 Å². The largest absolute Gasteiger partial charge is 0.435 e. The molecule has 0 bridgehead atoms. The molecule has 148 valence electrons. The van der Waals surface area contributed by atoms with Crippen LogP contribution in [0.4, 0.5) is 0 Å². The first kappa shape index (κ1) is 18.5. The fraction of sp³-hybridized carbons (Fsp3) is 0.192. The van der Waals surface area contributed by atoms with Crippen LogP contribution in [0.5, 0.6) is 0 Å². The molecule has 4 nitrogen and oxygen atoms in total. The molecule has 0 atom stereocenters. The van der Waals surface area contributed by atoms with E-state index >= 15 is 0 Å². The Labute approximate surface area is 175 Å². The third-order valence-electron chi connectivity index (χ3n) is 5.45. The van der Waals surface area contributed by atoms with Crippen LogP contribution >= 0.6 is 0 Å². The van der Waals surface area contributed by atoms with Crippen molar-refractivity contribution in [3.8, 4) is 22.5 Å². The topological polar surface area (TPSA) is 51.8 Å². The smallest absolute Gasteiger partial charge is 0.227 e. The predicted molar refractivity (Wildman–Crippen MR) is 121 cm³/mol. The van der Waals surface area contributed by atoms with E-state index in [1.807, 2.05) is 55.7 Å². The number of hydrogen-bond acceptors (Lipinski definition) is 4. The summed E-state index contributed by atoms with van der Waals surface area (Å²) in [5.74, 6) is 0. The van der Waals surface area contributed by atoms with Crippen molar-refractivity contribution < 1.29 is 4.42 Å². The van der Waals surface area contributed by atoms with E-state index in [9.17, 15) is 0 Å². The third kappa shape index (κ3) is 3.05. The van der Waals surface area contributed by atoms with E-state index in [0.717, 1.165) is 44.6 Å². The lowest BCUT2D eigenvalue weighted by Gasteiger charge is -2.19. The van der Waals surface area contributed by atoms with E-state index in [2.05, 4.69) is 48.9 Å². The average molecular weight is 393 g/mol. The molecule has 0 radical (unpaired) electrons. The lowest BCUT2D eigenvalue weighted by atomic mass is 9.87. The Morgan fingerprint density at radius 2 is 1.70 bits per heavy atom. The third-order valence-corrected chi connectivity index (χ3v) is 5.45. The second-order valence-electron chi connectivity index (χ2n) is 8.68. The molecule has 30 heavy (non-hydrogen) atoms. The van der Waals surface area contributed by atoms with Crippen molar-refractivity contribution in [3.63, 3.8) is 0 Å². The first-order chi connectivity index (χ1) is 14.4. The standard InChI is InChI=1S/C26H23N3O/c1-16-10-11-19-22-20(21-14-18(12-13-27-21)26(2,3)4)15-28-23(17-8-6-5-7-9-17)24(22)30-25(19)29-16/h5-15H,1-4H3. The fourth-order valence-corrected chi connectivity index (χ4v) is 3.80. The summed E-state index contributed by atoms with van der Waals surface area (Å²) in [6.07, 6.45) is 3.78. The first-order valence-electron chi connectivity index (χ1n) is 10.1. The molecule has 1 aromatic carbocycles. The number of benzene rings is 1. The molecule has 0 saturated heterocycles. The van der Waals surface area contributed by atoms with Crippen LogP contribution in [0, 0.1) is 6.92 Å². The van der Waals surface area contributed by atoms with Gasteiger partial charge in [0.1, 0.15) is 5.69 Å². The maximum atomic E-state index is 6.28. The Balaban J connectivity index is 1.85. The van der Waals surface area contributed by atoms with E-state index in [4.69, 9.17) is 9.40 Å². The van der Waals surface area contributed by atoms with E-state index < -0.39 is 0 Å². The molecule has 5 aromatic rings. The van der Waals surface area contributed by atoms with Crippen molar-refractivity contribution in [2.24, 2.45) is 0 Å². The summed E-state index contributed by atoms with van der Waals surface area (Å²) >= 11 is 0. The van der Waals surface area contributed by atoms with Gasteiger partial charge < -0.3 is 4.42 Å². The normalized spacial score (nSPS) is 12.0. The highest BCUT2D eigenvalue weighted by molar-refractivity contribution is 6.14. The SMILES string of the molecule is Cc1ccc2c(n1)oc1c(-c3ccccc3)ncc(-c3cc(C(C)(C)C)ccn3)c12. The van der Waals surface area contributed by atoms with Gasteiger partial charge in [0, 0.05) is 40.0 Å². The number of pyridine rings is 3. The van der Waals surface area contributed by atoms with E-state index in [1.54, 1.807) is 0 Å². The summed E-state index contributed by atoms with van der Waals surface area (Å²) in [6, 6.07) is 18.4. The highest BCUT2D eigenvalue weighted by Gasteiger charge is 2.21. The average Bonchev–Trinajstić information content (AvgIpc) is 3.11. The zero-order chi connectivity index (χ0) is 20.9. The molecule has 4 aromatic heterocycles. The molecule has 0 N–H and O–H groups in total. The number of aryl methyl sites for hydroxylation is 1. The monoisotopic (exact) mass is 393 g/mol. The highest BCUT2D eigenvalue weighted by Crippen LogP contribution is 2.40. The summed E-state index contributed by atoms with van der Waals surface area (Å²) in [6.45, 7) is 8.59. The molecule has 0 spiro atoms. The second kappa shape index (κ2) is 6.77. The van der Waals surface area contributed by atoms with Gasteiger partial charge in [-0.05, 0) is 42.2 Å². The van der Waals surface area contributed by atoms with Gasteiger partial charge in [0.05, 0.1) is 5.69 Å². The Morgan fingerprint density at radius 3 is 2.47 bits per heavy atom. The first-order valence-corrected chi connectivity index (χ1v) is 10.1. The second-order valence-corrected chi connectivity index (χ2v) is 8.68. The van der Waals surface area contributed by atoms with Crippen molar-refractivity contribution >= 4 is 22.1 Å². The van der Waals surface area contributed by atoms with E-state index in [0.29, 0.717) is 5.71 Å². The molecule has 4 heteroatoms. The number of aromatic nitrogens is 3. The minimum atomic E-state index is 0.0331. The fourth-order valence-electron chi connectivity index (χ4n) is 3.80. The summed E-state index contributed by atoms with van der Waals surface area (Å²) in [5.41, 5.74) is 7.24. The maximum absolute atomic E-state index is 6.28. The summed E-state index contributed by atoms with van der Waals surface area (Å²) in [4.78, 5) is 14.1.